The molecule has 3 aliphatic rings. The largest absolute Gasteiger partial charge is 0.458 e. The molecule has 10 atom stereocenters. The molecule has 1 aliphatic heterocycles. The fourth-order valence-corrected chi connectivity index (χ4v) is 6.52. The van der Waals surface area contributed by atoms with Crippen LogP contribution in [0.3, 0.4) is 0 Å². The van der Waals surface area contributed by atoms with Gasteiger partial charge in [0.15, 0.2) is 0 Å². The highest BCUT2D eigenvalue weighted by Crippen LogP contribution is 2.67. The number of esters is 3. The summed E-state index contributed by atoms with van der Waals surface area (Å²) < 4.78 is 23.1. The molecule has 0 amide bonds. The molecule has 3 rings (SSSR count). The first-order chi connectivity index (χ1) is 17.7. The van der Waals surface area contributed by atoms with Gasteiger partial charge in [-0.1, -0.05) is 46.9 Å². The van der Waals surface area contributed by atoms with Crippen molar-refractivity contribution < 1.29 is 43.5 Å². The van der Waals surface area contributed by atoms with E-state index in [0.717, 1.165) is 0 Å². The SMILES string of the molecule is C=CC(=C)[C@H](O)C[C@]1(C)[C@H]2C[C@H](OC(=O)C(C)CC)C=C3[C@H](OC(C)=O)O[C@H](OC(C)=O)[C@@]32[C@H](O)C[C@@H]1C. The standard InChI is InChI=1S/C29H42O9/c1-9-15(3)22(32)14-28(8)17(5)11-24(33)29-21(26(35-18(6)30)38-27(29)36-19(7)31)12-20(13-23(28)29)37-25(34)16(4)10-2/h9,12,16-17,20,22-24,26-27,32-33H,1,3,10-11,13-14H2,2,4-8H3/t16?,17-,20+,22+,23+,24+,26+,27-,28-,29-/m0/s1. The van der Waals surface area contributed by atoms with E-state index in [1.54, 1.807) is 13.0 Å². The Morgan fingerprint density at radius 2 is 1.84 bits per heavy atom. The maximum Gasteiger partial charge on any atom is 0.309 e. The number of rotatable bonds is 9. The molecule has 9 heteroatoms. The molecule has 1 saturated carbocycles. The van der Waals surface area contributed by atoms with Gasteiger partial charge in [-0.3, -0.25) is 19.1 Å². The molecule has 0 aromatic carbocycles. The predicted molar refractivity (Wildman–Crippen MR) is 138 cm³/mol. The van der Waals surface area contributed by atoms with E-state index in [4.69, 9.17) is 18.9 Å². The lowest BCUT2D eigenvalue weighted by molar-refractivity contribution is -0.256. The van der Waals surface area contributed by atoms with Crippen LogP contribution in [0.5, 0.6) is 0 Å². The van der Waals surface area contributed by atoms with E-state index in [0.29, 0.717) is 24.0 Å². The highest BCUT2D eigenvalue weighted by Gasteiger charge is 2.71. The van der Waals surface area contributed by atoms with E-state index in [1.807, 2.05) is 20.8 Å². The Hall–Kier alpha value is -2.49. The topological polar surface area (TPSA) is 129 Å². The Morgan fingerprint density at radius 1 is 1.21 bits per heavy atom. The number of carbonyl (C=O) groups excluding carboxylic acids is 3. The van der Waals surface area contributed by atoms with Crippen molar-refractivity contribution in [2.45, 2.75) is 98.1 Å². The van der Waals surface area contributed by atoms with E-state index >= 15 is 0 Å². The van der Waals surface area contributed by atoms with Gasteiger partial charge in [-0.25, -0.2) is 0 Å². The molecule has 1 saturated heterocycles. The van der Waals surface area contributed by atoms with Crippen molar-refractivity contribution >= 4 is 17.9 Å². The average molecular weight is 535 g/mol. The van der Waals surface area contributed by atoms with Gasteiger partial charge < -0.3 is 24.4 Å². The monoisotopic (exact) mass is 534 g/mol. The van der Waals surface area contributed by atoms with Crippen molar-refractivity contribution in [2.24, 2.45) is 28.6 Å². The summed E-state index contributed by atoms with van der Waals surface area (Å²) >= 11 is 0. The van der Waals surface area contributed by atoms with Gasteiger partial charge in [0.05, 0.1) is 23.5 Å². The molecule has 0 bridgehead atoms. The van der Waals surface area contributed by atoms with Gasteiger partial charge in [0, 0.05) is 19.4 Å². The molecule has 1 spiro atoms. The molecule has 2 aliphatic carbocycles. The Labute approximate surface area is 224 Å². The first kappa shape index (κ1) is 30.1. The summed E-state index contributed by atoms with van der Waals surface area (Å²) in [7, 11) is 0. The van der Waals surface area contributed by atoms with Gasteiger partial charge in [-0.05, 0) is 54.6 Å². The molecule has 1 unspecified atom stereocenters. The van der Waals surface area contributed by atoms with Crippen molar-refractivity contribution in [3.8, 4) is 0 Å². The van der Waals surface area contributed by atoms with Crippen LogP contribution in [-0.2, 0) is 33.3 Å². The minimum atomic E-state index is -1.29. The Bertz CT molecular complexity index is 1000. The lowest BCUT2D eigenvalue weighted by atomic mass is 9.44. The van der Waals surface area contributed by atoms with E-state index in [2.05, 4.69) is 13.2 Å². The minimum Gasteiger partial charge on any atom is -0.458 e. The maximum absolute atomic E-state index is 12.8. The van der Waals surface area contributed by atoms with Crippen molar-refractivity contribution in [3.05, 3.63) is 36.5 Å². The van der Waals surface area contributed by atoms with Crippen molar-refractivity contribution in [3.63, 3.8) is 0 Å². The normalized spacial score (nSPS) is 37.5. The molecule has 9 nitrogen and oxygen atoms in total. The number of hydrogen-bond acceptors (Lipinski definition) is 9. The number of aliphatic hydroxyl groups excluding tert-OH is 2. The van der Waals surface area contributed by atoms with E-state index in [9.17, 15) is 24.6 Å². The zero-order chi connectivity index (χ0) is 28.6. The second kappa shape index (κ2) is 11.3. The second-order valence-corrected chi connectivity index (χ2v) is 11.3. The number of aliphatic hydroxyl groups is 2. The first-order valence-electron chi connectivity index (χ1n) is 13.3. The summed E-state index contributed by atoms with van der Waals surface area (Å²) in [4.78, 5) is 37.0. The summed E-state index contributed by atoms with van der Waals surface area (Å²) in [6, 6.07) is 0. The van der Waals surface area contributed by atoms with Crippen LogP contribution in [0.2, 0.25) is 0 Å². The Kier molecular flexibility index (Phi) is 8.95. The molecule has 38 heavy (non-hydrogen) atoms. The van der Waals surface area contributed by atoms with Crippen LogP contribution < -0.4 is 0 Å². The van der Waals surface area contributed by atoms with E-state index in [-0.39, 0.29) is 30.6 Å². The van der Waals surface area contributed by atoms with E-state index in [1.165, 1.54) is 19.9 Å². The Balaban J connectivity index is 2.22. The number of ether oxygens (including phenoxy) is 4. The summed E-state index contributed by atoms with van der Waals surface area (Å²) in [5, 5.41) is 22.8. The molecule has 1 heterocycles. The van der Waals surface area contributed by atoms with Gasteiger partial charge in [0.1, 0.15) is 6.10 Å². The molecule has 0 radical (unpaired) electrons. The fourth-order valence-electron chi connectivity index (χ4n) is 6.52. The van der Waals surface area contributed by atoms with Gasteiger partial charge in [-0.15, -0.1) is 0 Å². The van der Waals surface area contributed by atoms with Crippen LogP contribution in [-0.4, -0.2) is 59.0 Å². The minimum absolute atomic E-state index is 0.101. The lowest BCUT2D eigenvalue weighted by Gasteiger charge is -2.60. The third-order valence-electron chi connectivity index (χ3n) is 9.00. The zero-order valence-corrected chi connectivity index (χ0v) is 23.3. The predicted octanol–water partition coefficient (Wildman–Crippen LogP) is 3.59. The summed E-state index contributed by atoms with van der Waals surface area (Å²) in [6.45, 7) is 17.8. The quantitative estimate of drug-likeness (QED) is 0.197. The van der Waals surface area contributed by atoms with Crippen molar-refractivity contribution in [1.29, 1.82) is 0 Å². The molecule has 212 valence electrons. The van der Waals surface area contributed by atoms with Crippen LogP contribution in [0.1, 0.15) is 67.2 Å². The average Bonchev–Trinajstić information content (AvgIpc) is 3.13. The zero-order valence-electron chi connectivity index (χ0n) is 23.3. The summed E-state index contributed by atoms with van der Waals surface area (Å²) in [5.74, 6) is -2.53. The highest BCUT2D eigenvalue weighted by atomic mass is 16.8. The second-order valence-electron chi connectivity index (χ2n) is 11.3. The highest BCUT2D eigenvalue weighted by molar-refractivity contribution is 5.72. The molecular formula is C29H42O9. The van der Waals surface area contributed by atoms with Gasteiger partial charge in [-0.2, -0.15) is 0 Å². The number of carbonyl (C=O) groups is 3. The third-order valence-corrected chi connectivity index (χ3v) is 9.00. The van der Waals surface area contributed by atoms with Gasteiger partial charge >= 0.3 is 17.9 Å². The first-order valence-corrected chi connectivity index (χ1v) is 13.3. The van der Waals surface area contributed by atoms with Gasteiger partial charge in [0.2, 0.25) is 12.6 Å². The van der Waals surface area contributed by atoms with Gasteiger partial charge in [0.25, 0.3) is 0 Å². The maximum atomic E-state index is 12.8. The molecule has 0 aromatic heterocycles. The molecule has 2 fully saturated rings. The molecule has 2 N–H and O–H groups in total. The fraction of sp³-hybridized carbons (Fsp3) is 0.690. The summed E-state index contributed by atoms with van der Waals surface area (Å²) in [6.07, 6.45) is -0.516. The summed E-state index contributed by atoms with van der Waals surface area (Å²) in [5.41, 5.74) is -1.10. The molecule has 0 aromatic rings. The molecular weight excluding hydrogens is 492 g/mol. The van der Waals surface area contributed by atoms with Crippen LogP contribution in [0.4, 0.5) is 0 Å². The van der Waals surface area contributed by atoms with Crippen molar-refractivity contribution in [2.75, 3.05) is 0 Å². The van der Waals surface area contributed by atoms with Crippen LogP contribution in [0, 0.1) is 28.6 Å². The van der Waals surface area contributed by atoms with E-state index < -0.39 is 59.6 Å². The van der Waals surface area contributed by atoms with Crippen LogP contribution in [0.25, 0.3) is 0 Å². The lowest BCUT2D eigenvalue weighted by Crippen LogP contribution is -2.63. The van der Waals surface area contributed by atoms with Crippen LogP contribution in [0.15, 0.2) is 36.5 Å². The van der Waals surface area contributed by atoms with Crippen molar-refractivity contribution in [1.82, 2.24) is 0 Å². The smallest absolute Gasteiger partial charge is 0.309 e. The third kappa shape index (κ3) is 5.20. The Morgan fingerprint density at radius 3 is 2.39 bits per heavy atom. The number of hydrogen-bond donors (Lipinski definition) is 2. The van der Waals surface area contributed by atoms with Crippen LogP contribution >= 0.6 is 0 Å².